The van der Waals surface area contributed by atoms with Gasteiger partial charge in [0.1, 0.15) is 5.75 Å². The molecule has 1 aliphatic heterocycles. The van der Waals surface area contributed by atoms with Gasteiger partial charge in [-0.25, -0.2) is 5.43 Å². The van der Waals surface area contributed by atoms with Crippen molar-refractivity contribution in [3.8, 4) is 17.2 Å². The molecule has 0 spiro atoms. The molecule has 0 radical (unpaired) electrons. The van der Waals surface area contributed by atoms with Gasteiger partial charge in [0, 0.05) is 22.3 Å². The third kappa shape index (κ3) is 7.32. The fourth-order valence-corrected chi connectivity index (χ4v) is 4.04. The summed E-state index contributed by atoms with van der Waals surface area (Å²) in [5.41, 5.74) is 6.18. The Balaban J connectivity index is 1.29. The van der Waals surface area contributed by atoms with Crippen LogP contribution >= 0.6 is 15.9 Å². The molecule has 196 valence electrons. The SMILES string of the molecule is Cc1cc(C)cc(NC(=O)COc2ccc(Br)cc2/C=N\NC(=O)C(=O)NCc2ccc3c(c2)OCO3)c1. The van der Waals surface area contributed by atoms with E-state index in [2.05, 4.69) is 37.1 Å². The monoisotopic (exact) mass is 580 g/mol. The van der Waals surface area contributed by atoms with E-state index in [0.717, 1.165) is 21.2 Å². The number of hydrogen-bond acceptors (Lipinski definition) is 7. The Labute approximate surface area is 227 Å². The fraction of sp³-hybridized carbons (Fsp3) is 0.185. The van der Waals surface area contributed by atoms with Gasteiger partial charge in [0.25, 0.3) is 5.91 Å². The van der Waals surface area contributed by atoms with E-state index in [4.69, 9.17) is 14.2 Å². The quantitative estimate of drug-likeness (QED) is 0.212. The first-order valence-corrected chi connectivity index (χ1v) is 12.4. The predicted molar refractivity (Wildman–Crippen MR) is 144 cm³/mol. The molecule has 0 saturated carbocycles. The molecule has 38 heavy (non-hydrogen) atoms. The summed E-state index contributed by atoms with van der Waals surface area (Å²) in [6.07, 6.45) is 1.32. The zero-order valence-electron chi connectivity index (χ0n) is 20.7. The molecular weight excluding hydrogens is 556 g/mol. The zero-order chi connectivity index (χ0) is 27.1. The summed E-state index contributed by atoms with van der Waals surface area (Å²) in [4.78, 5) is 36.7. The average Bonchev–Trinajstić information content (AvgIpc) is 3.34. The van der Waals surface area contributed by atoms with E-state index >= 15 is 0 Å². The van der Waals surface area contributed by atoms with E-state index in [1.54, 1.807) is 36.4 Å². The van der Waals surface area contributed by atoms with Crippen LogP contribution in [-0.4, -0.2) is 37.3 Å². The van der Waals surface area contributed by atoms with Crippen LogP contribution < -0.4 is 30.3 Å². The van der Waals surface area contributed by atoms with Gasteiger partial charge < -0.3 is 24.8 Å². The lowest BCUT2D eigenvalue weighted by Gasteiger charge is -2.11. The number of amides is 3. The lowest BCUT2D eigenvalue weighted by Crippen LogP contribution is -2.37. The van der Waals surface area contributed by atoms with Gasteiger partial charge in [0.05, 0.1) is 6.21 Å². The molecular formula is C27H25BrN4O6. The van der Waals surface area contributed by atoms with Gasteiger partial charge in [-0.15, -0.1) is 0 Å². The minimum Gasteiger partial charge on any atom is -0.483 e. The molecule has 3 amide bonds. The molecule has 10 nitrogen and oxygen atoms in total. The van der Waals surface area contributed by atoms with Crippen LogP contribution in [0.4, 0.5) is 5.69 Å². The van der Waals surface area contributed by atoms with Crippen molar-refractivity contribution in [2.24, 2.45) is 5.10 Å². The summed E-state index contributed by atoms with van der Waals surface area (Å²) in [7, 11) is 0. The number of benzene rings is 3. The third-order valence-corrected chi connectivity index (χ3v) is 5.80. The van der Waals surface area contributed by atoms with Crippen LogP contribution in [0.2, 0.25) is 0 Å². The van der Waals surface area contributed by atoms with Crippen molar-refractivity contribution in [3.05, 3.63) is 81.3 Å². The molecule has 3 N–H and O–H groups in total. The molecule has 4 rings (SSSR count). The van der Waals surface area contributed by atoms with Crippen LogP contribution in [0, 0.1) is 13.8 Å². The van der Waals surface area contributed by atoms with Crippen LogP contribution in [0.1, 0.15) is 22.3 Å². The number of fused-ring (bicyclic) bond motifs is 1. The molecule has 0 fully saturated rings. The van der Waals surface area contributed by atoms with Crippen molar-refractivity contribution in [2.45, 2.75) is 20.4 Å². The van der Waals surface area contributed by atoms with Gasteiger partial charge in [-0.2, -0.15) is 5.10 Å². The first kappa shape index (κ1) is 26.7. The van der Waals surface area contributed by atoms with Gasteiger partial charge in [0.15, 0.2) is 18.1 Å². The smallest absolute Gasteiger partial charge is 0.329 e. The van der Waals surface area contributed by atoms with Crippen LogP contribution in [0.15, 0.2) is 64.2 Å². The number of hydrazone groups is 1. The van der Waals surface area contributed by atoms with Crippen LogP contribution in [-0.2, 0) is 20.9 Å². The molecule has 1 aliphatic rings. The van der Waals surface area contributed by atoms with E-state index < -0.39 is 11.8 Å². The summed E-state index contributed by atoms with van der Waals surface area (Å²) in [6.45, 7) is 3.95. The van der Waals surface area contributed by atoms with E-state index in [1.807, 2.05) is 32.0 Å². The molecule has 0 atom stereocenters. The summed E-state index contributed by atoms with van der Waals surface area (Å²) in [5.74, 6) is -0.534. The Bertz CT molecular complexity index is 1390. The highest BCUT2D eigenvalue weighted by Crippen LogP contribution is 2.32. The van der Waals surface area contributed by atoms with Crippen LogP contribution in [0.5, 0.6) is 17.2 Å². The van der Waals surface area contributed by atoms with E-state index in [9.17, 15) is 14.4 Å². The number of aryl methyl sites for hydroxylation is 2. The van der Waals surface area contributed by atoms with Gasteiger partial charge in [-0.3, -0.25) is 14.4 Å². The number of ether oxygens (including phenoxy) is 3. The number of carbonyl (C=O) groups excluding carboxylic acids is 3. The maximum Gasteiger partial charge on any atom is 0.329 e. The molecule has 0 unspecified atom stereocenters. The van der Waals surface area contributed by atoms with E-state index in [1.165, 1.54) is 6.21 Å². The Morgan fingerprint density at radius 1 is 0.974 bits per heavy atom. The van der Waals surface area contributed by atoms with Crippen molar-refractivity contribution in [1.82, 2.24) is 10.7 Å². The number of rotatable bonds is 8. The minimum atomic E-state index is -0.938. The highest BCUT2D eigenvalue weighted by molar-refractivity contribution is 9.10. The van der Waals surface area contributed by atoms with Gasteiger partial charge in [0.2, 0.25) is 6.79 Å². The molecule has 1 heterocycles. The number of carbonyl (C=O) groups is 3. The number of anilines is 1. The topological polar surface area (TPSA) is 127 Å². The third-order valence-electron chi connectivity index (χ3n) is 5.30. The summed E-state index contributed by atoms with van der Waals surface area (Å²) < 4.78 is 17.0. The Morgan fingerprint density at radius 2 is 1.74 bits per heavy atom. The first-order chi connectivity index (χ1) is 18.3. The van der Waals surface area contributed by atoms with Gasteiger partial charge in [-0.1, -0.05) is 28.1 Å². The van der Waals surface area contributed by atoms with Gasteiger partial charge in [-0.05, 0) is 73.0 Å². The lowest BCUT2D eigenvalue weighted by molar-refractivity contribution is -0.139. The molecule has 0 bridgehead atoms. The van der Waals surface area contributed by atoms with E-state index in [-0.39, 0.29) is 25.9 Å². The fourth-order valence-electron chi connectivity index (χ4n) is 3.66. The lowest BCUT2D eigenvalue weighted by atomic mass is 10.1. The summed E-state index contributed by atoms with van der Waals surface area (Å²) >= 11 is 3.37. The normalized spacial score (nSPS) is 11.8. The van der Waals surface area contributed by atoms with Crippen molar-refractivity contribution >= 4 is 45.6 Å². The number of nitrogens with one attached hydrogen (secondary N) is 3. The zero-order valence-corrected chi connectivity index (χ0v) is 22.3. The highest BCUT2D eigenvalue weighted by atomic mass is 79.9. The van der Waals surface area contributed by atoms with Crippen molar-refractivity contribution in [3.63, 3.8) is 0 Å². The van der Waals surface area contributed by atoms with Crippen molar-refractivity contribution in [2.75, 3.05) is 18.7 Å². The first-order valence-electron chi connectivity index (χ1n) is 11.6. The number of hydrogen-bond donors (Lipinski definition) is 3. The van der Waals surface area contributed by atoms with Crippen LogP contribution in [0.3, 0.4) is 0 Å². The standard InChI is InChI=1S/C27H25BrN4O6/c1-16-7-17(2)9-21(8-16)31-25(33)14-36-22-6-4-20(28)11-19(22)13-30-32-27(35)26(34)29-12-18-3-5-23-24(10-18)38-15-37-23/h3-11,13H,12,14-15H2,1-2H3,(H,29,34)(H,31,33)(H,32,35)/b30-13-. The molecule has 0 aliphatic carbocycles. The maximum absolute atomic E-state index is 12.4. The Kier molecular flexibility index (Phi) is 8.59. The molecule has 0 aromatic heterocycles. The van der Waals surface area contributed by atoms with Crippen LogP contribution in [0.25, 0.3) is 0 Å². The molecule has 11 heteroatoms. The van der Waals surface area contributed by atoms with Gasteiger partial charge >= 0.3 is 11.8 Å². The number of nitrogens with zero attached hydrogens (tertiary/aromatic N) is 1. The molecule has 0 saturated heterocycles. The Hall–Kier alpha value is -4.38. The second-order valence-electron chi connectivity index (χ2n) is 8.46. The predicted octanol–water partition coefficient (Wildman–Crippen LogP) is 3.58. The average molecular weight is 581 g/mol. The minimum absolute atomic E-state index is 0.125. The Morgan fingerprint density at radius 3 is 2.53 bits per heavy atom. The molecule has 3 aromatic rings. The maximum atomic E-state index is 12.4. The van der Waals surface area contributed by atoms with E-state index in [0.29, 0.717) is 28.5 Å². The summed E-state index contributed by atoms with van der Waals surface area (Å²) in [5, 5.41) is 9.19. The number of halogens is 1. The second kappa shape index (κ2) is 12.2. The second-order valence-corrected chi connectivity index (χ2v) is 9.38. The summed E-state index contributed by atoms with van der Waals surface area (Å²) in [6, 6.07) is 16.1. The van der Waals surface area contributed by atoms with Crippen molar-refractivity contribution in [1.29, 1.82) is 0 Å². The largest absolute Gasteiger partial charge is 0.483 e. The van der Waals surface area contributed by atoms with Crippen molar-refractivity contribution < 1.29 is 28.6 Å². The molecule has 3 aromatic carbocycles. The highest BCUT2D eigenvalue weighted by Gasteiger charge is 2.16.